The fraction of sp³-hybridized carbons (Fsp3) is 0.500. The van der Waals surface area contributed by atoms with Crippen molar-refractivity contribution in [1.82, 2.24) is 25.2 Å². The zero-order valence-electron chi connectivity index (χ0n) is 23.3. The van der Waals surface area contributed by atoms with Gasteiger partial charge in [-0.15, -0.1) is 0 Å². The van der Waals surface area contributed by atoms with Gasteiger partial charge < -0.3 is 23.8 Å². The largest absolute Gasteiger partial charge is 0.496 e. The van der Waals surface area contributed by atoms with Gasteiger partial charge in [-0.25, -0.2) is 4.39 Å². The lowest BCUT2D eigenvalue weighted by atomic mass is 9.82. The van der Waals surface area contributed by atoms with Gasteiger partial charge in [-0.3, -0.25) is 4.90 Å². The molecule has 13 heteroatoms. The summed E-state index contributed by atoms with van der Waals surface area (Å²) in [6, 6.07) is 9.15. The summed E-state index contributed by atoms with van der Waals surface area (Å²) in [5, 5.41) is 11.4. The maximum atomic E-state index is 13.8. The number of nitrogens with one attached hydrogen (secondary N) is 1. The van der Waals surface area contributed by atoms with Crippen LogP contribution >= 0.6 is 0 Å². The standard InChI is InChI=1S/C28H33F4N5O4/c1-36(2)12-22-23(34-35-33-22)13-37-24(18-5-8-20(29)9-6-18)14-41-27(37)15-26(39-4,16-40-17-27)21-11-19(28(30,31)32)7-10-25(21)38-3/h5-11,24H,12-17H2,1-4H3,(H,33,34,35)/t24-,26+,27?/m1/s1. The number of H-pyrrole nitrogens is 1. The van der Waals surface area contributed by atoms with Crippen LogP contribution in [-0.2, 0) is 39.1 Å². The van der Waals surface area contributed by atoms with Gasteiger partial charge in [-0.05, 0) is 50.0 Å². The molecule has 1 aromatic heterocycles. The molecule has 9 nitrogen and oxygen atoms in total. The molecule has 2 aliphatic rings. The van der Waals surface area contributed by atoms with Crippen LogP contribution in [0.2, 0.25) is 0 Å². The third kappa shape index (κ3) is 5.69. The van der Waals surface area contributed by atoms with Crippen molar-refractivity contribution in [2.45, 2.75) is 43.1 Å². The SMILES string of the molecule is COc1ccc(C(F)(F)F)cc1[C@@]1(OC)COCC2(C1)OC[C@H](c1ccc(F)cc1)N2Cc1n[nH]nc1CN(C)C. The number of hydrogen-bond donors (Lipinski definition) is 1. The van der Waals surface area contributed by atoms with Crippen molar-refractivity contribution in [2.24, 2.45) is 0 Å². The van der Waals surface area contributed by atoms with E-state index in [0.29, 0.717) is 12.2 Å². The average molecular weight is 580 g/mol. The van der Waals surface area contributed by atoms with E-state index in [-0.39, 0.29) is 56.0 Å². The van der Waals surface area contributed by atoms with E-state index in [1.54, 1.807) is 12.1 Å². The maximum Gasteiger partial charge on any atom is 0.416 e. The number of hydrogen-bond acceptors (Lipinski definition) is 8. The van der Waals surface area contributed by atoms with Crippen molar-refractivity contribution >= 4 is 0 Å². The van der Waals surface area contributed by atoms with Crippen LogP contribution in [0.4, 0.5) is 17.6 Å². The van der Waals surface area contributed by atoms with Gasteiger partial charge in [-0.2, -0.15) is 28.6 Å². The quantitative estimate of drug-likeness (QED) is 0.397. The Morgan fingerprint density at radius 2 is 1.80 bits per heavy atom. The van der Waals surface area contributed by atoms with Crippen LogP contribution in [0.3, 0.4) is 0 Å². The molecule has 5 rings (SSSR count). The van der Waals surface area contributed by atoms with Crippen molar-refractivity contribution in [2.75, 3.05) is 48.1 Å². The van der Waals surface area contributed by atoms with Gasteiger partial charge >= 0.3 is 6.18 Å². The predicted octanol–water partition coefficient (Wildman–Crippen LogP) is 4.26. The highest BCUT2D eigenvalue weighted by atomic mass is 19.4. The molecular formula is C28H33F4N5O4. The summed E-state index contributed by atoms with van der Waals surface area (Å²) >= 11 is 0. The van der Waals surface area contributed by atoms with Crippen LogP contribution < -0.4 is 4.74 Å². The van der Waals surface area contributed by atoms with E-state index in [0.717, 1.165) is 23.4 Å². The van der Waals surface area contributed by atoms with Crippen molar-refractivity contribution in [3.63, 3.8) is 0 Å². The van der Waals surface area contributed by atoms with Gasteiger partial charge in [0.2, 0.25) is 0 Å². The molecule has 2 fully saturated rings. The van der Waals surface area contributed by atoms with Gasteiger partial charge in [0.05, 0.1) is 38.5 Å². The lowest BCUT2D eigenvalue weighted by molar-refractivity contribution is -0.239. The van der Waals surface area contributed by atoms with Crippen LogP contribution in [-0.4, -0.2) is 79.1 Å². The molecule has 1 N–H and O–H groups in total. The minimum absolute atomic E-state index is 0.0167. The van der Waals surface area contributed by atoms with E-state index in [9.17, 15) is 17.6 Å². The van der Waals surface area contributed by atoms with Crippen LogP contribution in [0.25, 0.3) is 0 Å². The van der Waals surface area contributed by atoms with E-state index >= 15 is 0 Å². The molecule has 3 heterocycles. The Labute approximate surface area is 235 Å². The highest BCUT2D eigenvalue weighted by Crippen LogP contribution is 2.50. The maximum absolute atomic E-state index is 13.8. The van der Waals surface area contributed by atoms with Crippen molar-refractivity contribution in [3.8, 4) is 5.75 Å². The first-order valence-corrected chi connectivity index (χ1v) is 13.1. The number of aromatic amines is 1. The molecule has 2 aromatic carbocycles. The number of halogens is 4. The monoisotopic (exact) mass is 579 g/mol. The zero-order valence-corrected chi connectivity index (χ0v) is 23.3. The van der Waals surface area contributed by atoms with Crippen LogP contribution in [0.5, 0.6) is 5.75 Å². The summed E-state index contributed by atoms with van der Waals surface area (Å²) in [5.74, 6) is -0.125. The Bertz CT molecular complexity index is 1350. The van der Waals surface area contributed by atoms with Gasteiger partial charge in [0.25, 0.3) is 0 Å². The van der Waals surface area contributed by atoms with Gasteiger partial charge in [-0.1, -0.05) is 12.1 Å². The predicted molar refractivity (Wildman–Crippen MR) is 139 cm³/mol. The smallest absolute Gasteiger partial charge is 0.416 e. The third-order valence-corrected chi connectivity index (χ3v) is 7.79. The molecule has 0 saturated carbocycles. The highest BCUT2D eigenvalue weighted by molar-refractivity contribution is 5.43. The number of aromatic nitrogens is 3. The van der Waals surface area contributed by atoms with Gasteiger partial charge in [0.15, 0.2) is 0 Å². The Morgan fingerprint density at radius 1 is 1.07 bits per heavy atom. The Kier molecular flexibility index (Phi) is 8.09. The fourth-order valence-corrected chi connectivity index (χ4v) is 5.75. The molecular weight excluding hydrogens is 546 g/mol. The molecule has 0 bridgehead atoms. The Hall–Kier alpha value is -3.10. The first-order valence-electron chi connectivity index (χ1n) is 13.1. The van der Waals surface area contributed by atoms with Crippen molar-refractivity contribution in [1.29, 1.82) is 0 Å². The van der Waals surface area contributed by atoms with E-state index in [1.165, 1.54) is 32.4 Å². The molecule has 1 spiro atoms. The topological polar surface area (TPSA) is 85.0 Å². The number of ether oxygens (including phenoxy) is 4. The number of nitrogens with zero attached hydrogens (tertiary/aromatic N) is 4. The van der Waals surface area contributed by atoms with Crippen LogP contribution in [0.15, 0.2) is 42.5 Å². The van der Waals surface area contributed by atoms with Crippen molar-refractivity contribution < 1.29 is 36.5 Å². The summed E-state index contributed by atoms with van der Waals surface area (Å²) in [7, 11) is 6.68. The number of benzene rings is 2. The minimum Gasteiger partial charge on any atom is -0.496 e. The van der Waals surface area contributed by atoms with Gasteiger partial charge in [0, 0.05) is 32.2 Å². The lowest BCUT2D eigenvalue weighted by Gasteiger charge is -2.49. The van der Waals surface area contributed by atoms with Gasteiger partial charge in [0.1, 0.15) is 34.3 Å². The molecule has 2 saturated heterocycles. The Balaban J connectivity index is 1.58. The highest BCUT2D eigenvalue weighted by Gasteiger charge is 2.57. The molecule has 0 amide bonds. The second kappa shape index (κ2) is 11.3. The molecule has 1 unspecified atom stereocenters. The van der Waals surface area contributed by atoms with Crippen LogP contribution in [0.1, 0.15) is 40.5 Å². The normalized spacial score (nSPS) is 25.3. The molecule has 0 radical (unpaired) electrons. The second-order valence-electron chi connectivity index (χ2n) is 10.7. The first-order chi connectivity index (χ1) is 19.5. The molecule has 222 valence electrons. The minimum atomic E-state index is -4.57. The summed E-state index contributed by atoms with van der Waals surface area (Å²) in [6.45, 7) is 1.16. The lowest BCUT2D eigenvalue weighted by Crippen LogP contribution is -2.58. The average Bonchev–Trinajstić information content (AvgIpc) is 3.52. The number of methoxy groups -OCH3 is 2. The number of rotatable bonds is 8. The van der Waals surface area contributed by atoms with E-state index in [2.05, 4.69) is 20.3 Å². The van der Waals surface area contributed by atoms with E-state index < -0.39 is 23.1 Å². The zero-order chi connectivity index (χ0) is 29.4. The Morgan fingerprint density at radius 3 is 2.46 bits per heavy atom. The van der Waals surface area contributed by atoms with E-state index in [1.807, 2.05) is 19.0 Å². The summed E-state index contributed by atoms with van der Waals surface area (Å²) in [4.78, 5) is 4.03. The molecule has 3 atom stereocenters. The van der Waals surface area contributed by atoms with Crippen LogP contribution in [0, 0.1) is 5.82 Å². The molecule has 41 heavy (non-hydrogen) atoms. The molecule has 3 aromatic rings. The summed E-state index contributed by atoms with van der Waals surface area (Å²) in [5.41, 5.74) is -0.845. The van der Waals surface area contributed by atoms with E-state index in [4.69, 9.17) is 18.9 Å². The fourth-order valence-electron chi connectivity index (χ4n) is 5.75. The summed E-state index contributed by atoms with van der Waals surface area (Å²) < 4.78 is 79.2. The third-order valence-electron chi connectivity index (χ3n) is 7.79. The number of alkyl halides is 3. The molecule has 2 aliphatic heterocycles. The molecule has 0 aliphatic carbocycles. The first kappa shape index (κ1) is 29.4. The van der Waals surface area contributed by atoms with Crippen molar-refractivity contribution in [3.05, 3.63) is 76.4 Å². The summed E-state index contributed by atoms with van der Waals surface area (Å²) in [6.07, 6.45) is -4.44. The second-order valence-corrected chi connectivity index (χ2v) is 10.7.